The lowest BCUT2D eigenvalue weighted by Crippen LogP contribution is -2.60. The Bertz CT molecular complexity index is 1360. The quantitative estimate of drug-likeness (QED) is 0.580. The first kappa shape index (κ1) is 21.7. The van der Waals surface area contributed by atoms with E-state index < -0.39 is 29.0 Å². The van der Waals surface area contributed by atoms with Gasteiger partial charge in [-0.05, 0) is 18.2 Å². The summed E-state index contributed by atoms with van der Waals surface area (Å²) in [5.41, 5.74) is 1.66. The summed E-state index contributed by atoms with van der Waals surface area (Å²) in [5.74, 6) is -1.01. The maximum Gasteiger partial charge on any atom is 0.329 e. The third-order valence-corrected chi connectivity index (χ3v) is 7.24. The first-order valence-corrected chi connectivity index (χ1v) is 11.1. The number of aliphatic hydroxyl groups is 1. The fourth-order valence-corrected chi connectivity index (χ4v) is 5.67. The Balaban J connectivity index is 1.52. The molecule has 3 amide bonds. The minimum Gasteiger partial charge on any atom is -0.494 e. The van der Waals surface area contributed by atoms with Crippen molar-refractivity contribution in [1.82, 2.24) is 20.1 Å². The van der Waals surface area contributed by atoms with Gasteiger partial charge in [-0.3, -0.25) is 14.5 Å². The number of imide groups is 1. The van der Waals surface area contributed by atoms with Crippen molar-refractivity contribution in [2.24, 2.45) is 7.05 Å². The van der Waals surface area contributed by atoms with Crippen LogP contribution in [0.5, 0.6) is 5.75 Å². The van der Waals surface area contributed by atoms with Crippen molar-refractivity contribution in [3.05, 3.63) is 52.7 Å². The zero-order valence-electron chi connectivity index (χ0n) is 17.4. The van der Waals surface area contributed by atoms with Crippen molar-refractivity contribution in [2.45, 2.75) is 17.9 Å². The van der Waals surface area contributed by atoms with Gasteiger partial charge in [0, 0.05) is 29.1 Å². The van der Waals surface area contributed by atoms with Gasteiger partial charge in [0.15, 0.2) is 11.6 Å². The van der Waals surface area contributed by atoms with E-state index in [1.165, 1.54) is 42.0 Å². The topological polar surface area (TPSA) is 110 Å². The van der Waals surface area contributed by atoms with Gasteiger partial charge in [-0.25, -0.2) is 14.1 Å². The molecule has 1 saturated heterocycles. The van der Waals surface area contributed by atoms with Crippen molar-refractivity contribution >= 4 is 56.8 Å². The number of urea groups is 1. The van der Waals surface area contributed by atoms with E-state index in [4.69, 9.17) is 16.3 Å². The molecule has 0 saturated carbocycles. The highest BCUT2D eigenvalue weighted by atomic mass is 35.5. The second kappa shape index (κ2) is 8.01. The molecule has 4 heterocycles. The number of nitrogens with one attached hydrogen (secondary N) is 1. The molecule has 2 aromatic heterocycles. The third kappa shape index (κ3) is 3.35. The van der Waals surface area contributed by atoms with E-state index in [1.54, 1.807) is 13.1 Å². The van der Waals surface area contributed by atoms with Gasteiger partial charge >= 0.3 is 6.03 Å². The first-order chi connectivity index (χ1) is 15.8. The molecule has 0 radical (unpaired) electrons. The number of pyridine rings is 1. The van der Waals surface area contributed by atoms with Crippen LogP contribution in [-0.2, 0) is 18.4 Å². The number of carbonyl (C=O) groups is 2. The van der Waals surface area contributed by atoms with Crippen molar-refractivity contribution in [1.29, 1.82) is 0 Å². The number of rotatable bonds is 4. The summed E-state index contributed by atoms with van der Waals surface area (Å²) in [5, 5.41) is 16.7. The predicted molar refractivity (Wildman–Crippen MR) is 122 cm³/mol. The summed E-state index contributed by atoms with van der Waals surface area (Å²) >= 11 is 7.48. The van der Waals surface area contributed by atoms with Crippen LogP contribution in [0, 0.1) is 5.82 Å². The van der Waals surface area contributed by atoms with Gasteiger partial charge in [-0.15, -0.1) is 11.8 Å². The SMILES string of the molecule is COc1cc(C2=CC3NC(=O)N(c4cncc5c(CO)nn(C)c45)C(=O)C3S2)c(Cl)cc1F. The number of aliphatic hydroxyl groups excluding tert-OH is 1. The molecular weight excluding hydrogens is 473 g/mol. The van der Waals surface area contributed by atoms with Gasteiger partial charge in [-0.1, -0.05) is 11.6 Å². The molecule has 3 aromatic rings. The number of carbonyl (C=O) groups excluding carboxylic acids is 2. The van der Waals surface area contributed by atoms with Crippen LogP contribution in [0.4, 0.5) is 14.9 Å². The Hall–Kier alpha value is -3.15. The lowest BCUT2D eigenvalue weighted by Gasteiger charge is -2.33. The van der Waals surface area contributed by atoms with E-state index in [2.05, 4.69) is 15.4 Å². The van der Waals surface area contributed by atoms with Crippen LogP contribution in [0.25, 0.3) is 15.8 Å². The Kier molecular flexibility index (Phi) is 5.26. The molecule has 2 N–H and O–H groups in total. The fraction of sp³-hybridized carbons (Fsp3) is 0.238. The molecule has 0 bridgehead atoms. The van der Waals surface area contributed by atoms with Crippen molar-refractivity contribution in [3.8, 4) is 5.75 Å². The number of nitrogens with zero attached hydrogens (tertiary/aromatic N) is 4. The van der Waals surface area contributed by atoms with E-state index in [0.29, 0.717) is 27.1 Å². The normalized spacial score (nSPS) is 20.2. The zero-order valence-corrected chi connectivity index (χ0v) is 18.9. The van der Waals surface area contributed by atoms with Crippen LogP contribution in [0.15, 0.2) is 30.6 Å². The van der Waals surface area contributed by atoms with Crippen LogP contribution in [0.2, 0.25) is 5.02 Å². The summed E-state index contributed by atoms with van der Waals surface area (Å²) in [6, 6.07) is 1.44. The third-order valence-electron chi connectivity index (χ3n) is 5.57. The number of ether oxygens (including phenoxy) is 1. The molecule has 12 heteroatoms. The molecule has 2 aliphatic rings. The summed E-state index contributed by atoms with van der Waals surface area (Å²) in [6.07, 6.45) is 4.67. The van der Waals surface area contributed by atoms with Crippen LogP contribution in [0.1, 0.15) is 11.3 Å². The number of hydrogen-bond acceptors (Lipinski definition) is 7. The smallest absolute Gasteiger partial charge is 0.329 e. The maximum absolute atomic E-state index is 14.0. The molecule has 0 aliphatic carbocycles. The molecule has 2 aliphatic heterocycles. The van der Waals surface area contributed by atoms with Gasteiger partial charge in [0.2, 0.25) is 0 Å². The minimum atomic E-state index is -0.661. The van der Waals surface area contributed by atoms with E-state index in [0.717, 1.165) is 11.0 Å². The fourth-order valence-electron chi connectivity index (χ4n) is 4.07. The number of aryl methyl sites for hydroxylation is 1. The molecule has 2 atom stereocenters. The van der Waals surface area contributed by atoms with Gasteiger partial charge in [0.05, 0.1) is 47.9 Å². The average Bonchev–Trinajstić information content (AvgIpc) is 3.35. The second-order valence-electron chi connectivity index (χ2n) is 7.47. The monoisotopic (exact) mass is 489 g/mol. The van der Waals surface area contributed by atoms with Crippen molar-refractivity contribution in [3.63, 3.8) is 0 Å². The number of fused-ring (bicyclic) bond motifs is 2. The summed E-state index contributed by atoms with van der Waals surface area (Å²) in [6.45, 7) is -0.307. The van der Waals surface area contributed by atoms with Gasteiger partial charge in [0.25, 0.3) is 5.91 Å². The largest absolute Gasteiger partial charge is 0.494 e. The number of methoxy groups -OCH3 is 1. The van der Waals surface area contributed by atoms with E-state index in [1.807, 2.05) is 0 Å². The van der Waals surface area contributed by atoms with Crippen LogP contribution in [0.3, 0.4) is 0 Å². The minimum absolute atomic E-state index is 0.0245. The average molecular weight is 490 g/mol. The molecule has 33 heavy (non-hydrogen) atoms. The maximum atomic E-state index is 14.0. The lowest BCUT2D eigenvalue weighted by molar-refractivity contribution is -0.118. The molecule has 9 nitrogen and oxygen atoms in total. The van der Waals surface area contributed by atoms with E-state index in [9.17, 15) is 19.1 Å². The molecule has 170 valence electrons. The molecular formula is C21H17ClFN5O4S. The number of amides is 3. The lowest BCUT2D eigenvalue weighted by atomic mass is 10.1. The van der Waals surface area contributed by atoms with Crippen LogP contribution >= 0.6 is 23.4 Å². The van der Waals surface area contributed by atoms with Gasteiger partial charge in [0.1, 0.15) is 5.25 Å². The highest BCUT2D eigenvalue weighted by molar-refractivity contribution is 8.09. The number of anilines is 1. The summed E-state index contributed by atoms with van der Waals surface area (Å²) in [7, 11) is 3.01. The van der Waals surface area contributed by atoms with Crippen molar-refractivity contribution in [2.75, 3.05) is 12.0 Å². The number of hydrogen-bond donors (Lipinski definition) is 2. The summed E-state index contributed by atoms with van der Waals surface area (Å²) < 4.78 is 20.5. The highest BCUT2D eigenvalue weighted by Gasteiger charge is 2.46. The number of benzene rings is 1. The second-order valence-corrected chi connectivity index (χ2v) is 9.06. The summed E-state index contributed by atoms with van der Waals surface area (Å²) in [4.78, 5) is 32.3. The standard InChI is InChI=1S/C21H17ClFN5O4S/c1-27-18-10(14(8-29)26-27)6-24-7-15(18)28-20(30)19-13(25-21(28)31)5-17(33-19)9-3-16(32-2)12(23)4-11(9)22/h3-7,13,19,29H,8H2,1-2H3,(H,25,31). The Morgan fingerprint density at radius 1 is 1.33 bits per heavy atom. The number of thioether (sulfide) groups is 1. The van der Waals surface area contributed by atoms with Gasteiger partial charge < -0.3 is 15.2 Å². The highest BCUT2D eigenvalue weighted by Crippen LogP contribution is 2.46. The van der Waals surface area contributed by atoms with Crippen LogP contribution < -0.4 is 15.0 Å². The van der Waals surface area contributed by atoms with E-state index in [-0.39, 0.29) is 23.1 Å². The molecule has 1 fully saturated rings. The zero-order chi connectivity index (χ0) is 23.4. The Morgan fingerprint density at radius 3 is 2.85 bits per heavy atom. The van der Waals surface area contributed by atoms with Crippen molar-refractivity contribution < 1.29 is 23.8 Å². The predicted octanol–water partition coefficient (Wildman–Crippen LogP) is 2.84. The number of halogens is 2. The Labute approximate surface area is 196 Å². The first-order valence-electron chi connectivity index (χ1n) is 9.80. The molecule has 1 aromatic carbocycles. The number of aromatic nitrogens is 3. The van der Waals surface area contributed by atoms with E-state index >= 15 is 0 Å². The molecule has 2 unspecified atom stereocenters. The molecule has 0 spiro atoms. The van der Waals surface area contributed by atoms with Gasteiger partial charge in [-0.2, -0.15) is 5.10 Å². The Morgan fingerprint density at radius 2 is 2.12 bits per heavy atom. The van der Waals surface area contributed by atoms with Crippen LogP contribution in [-0.4, -0.2) is 50.2 Å². The molecule has 5 rings (SSSR count).